The molecule has 1 N–H and O–H groups in total. The van der Waals surface area contributed by atoms with E-state index in [2.05, 4.69) is 41.9 Å². The van der Waals surface area contributed by atoms with Gasteiger partial charge < -0.3 is 5.32 Å². The van der Waals surface area contributed by atoms with Gasteiger partial charge in [-0.05, 0) is 47.7 Å². The van der Waals surface area contributed by atoms with E-state index >= 15 is 0 Å². The van der Waals surface area contributed by atoms with Crippen LogP contribution in [0.15, 0.2) is 29.6 Å². The largest absolute Gasteiger partial charge is 0.310 e. The molecule has 3 rings (SSSR count). The van der Waals surface area contributed by atoms with Gasteiger partial charge in [-0.1, -0.05) is 38.0 Å². The predicted octanol–water partition coefficient (Wildman–Crippen LogP) is 4.74. The zero-order valence-corrected chi connectivity index (χ0v) is 11.8. The fraction of sp³-hybridized carbons (Fsp3) is 0.500. The summed E-state index contributed by atoms with van der Waals surface area (Å²) in [7, 11) is 0. The molecule has 1 aromatic heterocycles. The highest BCUT2D eigenvalue weighted by molar-refractivity contribution is 7.17. The van der Waals surface area contributed by atoms with Crippen LogP contribution in [0.25, 0.3) is 10.1 Å². The summed E-state index contributed by atoms with van der Waals surface area (Å²) in [6.07, 6.45) is 5.60. The standard InChI is InChI=1S/C16H21NS/c1-2-17-15(12-6-3-4-7-12)14-9-5-8-13-10-11-18-16(13)14/h5,8-12,15,17H,2-4,6-7H2,1H3. The van der Waals surface area contributed by atoms with Crippen molar-refractivity contribution in [3.05, 3.63) is 35.2 Å². The van der Waals surface area contributed by atoms with Crippen LogP contribution in [-0.4, -0.2) is 6.54 Å². The van der Waals surface area contributed by atoms with Gasteiger partial charge in [-0.25, -0.2) is 0 Å². The number of benzene rings is 1. The number of fused-ring (bicyclic) bond motifs is 1. The third-order valence-electron chi connectivity index (χ3n) is 4.14. The van der Waals surface area contributed by atoms with Gasteiger partial charge in [0.05, 0.1) is 0 Å². The molecule has 1 heterocycles. The highest BCUT2D eigenvalue weighted by Gasteiger charge is 2.26. The summed E-state index contributed by atoms with van der Waals surface area (Å²) in [6.45, 7) is 3.28. The Bertz CT molecular complexity index is 511. The number of rotatable bonds is 4. The van der Waals surface area contributed by atoms with E-state index in [0.717, 1.165) is 12.5 Å². The van der Waals surface area contributed by atoms with Crippen LogP contribution in [0.4, 0.5) is 0 Å². The second kappa shape index (κ2) is 5.41. The summed E-state index contributed by atoms with van der Waals surface area (Å²) in [5.41, 5.74) is 1.52. The lowest BCUT2D eigenvalue weighted by Crippen LogP contribution is -2.27. The maximum atomic E-state index is 3.73. The smallest absolute Gasteiger partial charge is 0.0390 e. The molecule has 0 radical (unpaired) electrons. The lowest BCUT2D eigenvalue weighted by molar-refractivity contribution is 0.377. The average Bonchev–Trinajstić information content (AvgIpc) is 3.06. The zero-order chi connectivity index (χ0) is 12.4. The highest BCUT2D eigenvalue weighted by atomic mass is 32.1. The van der Waals surface area contributed by atoms with Crippen LogP contribution in [0.1, 0.15) is 44.2 Å². The first kappa shape index (κ1) is 12.2. The molecule has 0 saturated heterocycles. The summed E-state index contributed by atoms with van der Waals surface area (Å²) in [4.78, 5) is 0. The van der Waals surface area contributed by atoms with Gasteiger partial charge in [0.1, 0.15) is 0 Å². The second-order valence-electron chi connectivity index (χ2n) is 5.27. The molecule has 2 heteroatoms. The lowest BCUT2D eigenvalue weighted by Gasteiger charge is -2.25. The molecule has 96 valence electrons. The van der Waals surface area contributed by atoms with Crippen LogP contribution in [0.3, 0.4) is 0 Å². The van der Waals surface area contributed by atoms with Crippen LogP contribution in [0, 0.1) is 5.92 Å². The predicted molar refractivity (Wildman–Crippen MR) is 80.2 cm³/mol. The first-order chi connectivity index (χ1) is 8.90. The van der Waals surface area contributed by atoms with E-state index < -0.39 is 0 Å². The van der Waals surface area contributed by atoms with Gasteiger partial charge in [0.25, 0.3) is 0 Å². The van der Waals surface area contributed by atoms with E-state index in [1.165, 1.54) is 41.3 Å². The van der Waals surface area contributed by atoms with Crippen molar-refractivity contribution in [3.8, 4) is 0 Å². The average molecular weight is 259 g/mol. The van der Waals surface area contributed by atoms with Gasteiger partial charge in [0.2, 0.25) is 0 Å². The van der Waals surface area contributed by atoms with Gasteiger partial charge in [-0.3, -0.25) is 0 Å². The Balaban J connectivity index is 2.00. The van der Waals surface area contributed by atoms with Crippen molar-refractivity contribution < 1.29 is 0 Å². The van der Waals surface area contributed by atoms with Crippen molar-refractivity contribution >= 4 is 21.4 Å². The molecule has 1 fully saturated rings. The summed E-state index contributed by atoms with van der Waals surface area (Å²) >= 11 is 1.89. The van der Waals surface area contributed by atoms with Crippen LogP contribution in [0.5, 0.6) is 0 Å². The molecule has 1 aromatic carbocycles. The monoisotopic (exact) mass is 259 g/mol. The molecular formula is C16H21NS. The number of nitrogens with one attached hydrogen (secondary N) is 1. The molecule has 1 nitrogen and oxygen atoms in total. The summed E-state index contributed by atoms with van der Waals surface area (Å²) in [5, 5.41) is 7.34. The Kier molecular flexibility index (Phi) is 3.67. The second-order valence-corrected chi connectivity index (χ2v) is 6.18. The minimum absolute atomic E-state index is 0.555. The third-order valence-corrected chi connectivity index (χ3v) is 5.12. The molecule has 1 aliphatic carbocycles. The number of hydrogen-bond acceptors (Lipinski definition) is 2. The van der Waals surface area contributed by atoms with Crippen molar-refractivity contribution in [1.29, 1.82) is 0 Å². The van der Waals surface area contributed by atoms with Crippen molar-refractivity contribution in [3.63, 3.8) is 0 Å². The van der Waals surface area contributed by atoms with Gasteiger partial charge in [-0.15, -0.1) is 11.3 Å². The molecule has 1 saturated carbocycles. The molecule has 0 spiro atoms. The van der Waals surface area contributed by atoms with E-state index in [1.807, 2.05) is 11.3 Å². The summed E-state index contributed by atoms with van der Waals surface area (Å²) in [5.74, 6) is 0.831. The first-order valence-corrected chi connectivity index (χ1v) is 7.97. The maximum Gasteiger partial charge on any atom is 0.0390 e. The number of thiophene rings is 1. The first-order valence-electron chi connectivity index (χ1n) is 7.09. The molecule has 0 aliphatic heterocycles. The molecule has 1 atom stereocenters. The van der Waals surface area contributed by atoms with Gasteiger partial charge in [0.15, 0.2) is 0 Å². The van der Waals surface area contributed by atoms with Crippen molar-refractivity contribution in [2.45, 2.75) is 38.6 Å². The van der Waals surface area contributed by atoms with Crippen molar-refractivity contribution in [1.82, 2.24) is 5.32 Å². The van der Waals surface area contributed by atoms with Crippen LogP contribution >= 0.6 is 11.3 Å². The number of hydrogen-bond donors (Lipinski definition) is 1. The maximum absolute atomic E-state index is 3.73. The molecule has 0 bridgehead atoms. The van der Waals surface area contributed by atoms with Gasteiger partial charge >= 0.3 is 0 Å². The highest BCUT2D eigenvalue weighted by Crippen LogP contribution is 2.39. The van der Waals surface area contributed by atoms with E-state index in [1.54, 1.807) is 0 Å². The Morgan fingerprint density at radius 2 is 2.11 bits per heavy atom. The molecule has 1 unspecified atom stereocenters. The Morgan fingerprint density at radius 3 is 2.89 bits per heavy atom. The molecule has 0 amide bonds. The Hall–Kier alpha value is -0.860. The molecule has 2 aromatic rings. The third kappa shape index (κ3) is 2.19. The fourth-order valence-electron chi connectivity index (χ4n) is 3.30. The lowest BCUT2D eigenvalue weighted by atomic mass is 9.91. The SMILES string of the molecule is CCNC(c1cccc2ccsc12)C1CCCC1. The van der Waals surface area contributed by atoms with Gasteiger partial charge in [0, 0.05) is 10.7 Å². The van der Waals surface area contributed by atoms with Crippen LogP contribution in [0.2, 0.25) is 0 Å². The fourth-order valence-corrected chi connectivity index (χ4v) is 4.26. The molecule has 1 aliphatic rings. The zero-order valence-electron chi connectivity index (χ0n) is 11.0. The minimum atomic E-state index is 0.555. The summed E-state index contributed by atoms with van der Waals surface area (Å²) < 4.78 is 1.48. The van der Waals surface area contributed by atoms with E-state index in [9.17, 15) is 0 Å². The van der Waals surface area contributed by atoms with E-state index in [4.69, 9.17) is 0 Å². The quantitative estimate of drug-likeness (QED) is 0.836. The van der Waals surface area contributed by atoms with Crippen molar-refractivity contribution in [2.24, 2.45) is 5.92 Å². The van der Waals surface area contributed by atoms with E-state index in [-0.39, 0.29) is 0 Å². The normalized spacial score (nSPS) is 18.5. The summed E-state index contributed by atoms with van der Waals surface area (Å²) in [6, 6.07) is 9.56. The van der Waals surface area contributed by atoms with Gasteiger partial charge in [-0.2, -0.15) is 0 Å². The van der Waals surface area contributed by atoms with E-state index in [0.29, 0.717) is 6.04 Å². The van der Waals surface area contributed by atoms with Crippen LogP contribution in [-0.2, 0) is 0 Å². The molecular weight excluding hydrogens is 238 g/mol. The Labute approximate surface area is 113 Å². The Morgan fingerprint density at radius 1 is 1.28 bits per heavy atom. The van der Waals surface area contributed by atoms with Crippen LogP contribution < -0.4 is 5.32 Å². The van der Waals surface area contributed by atoms with Crippen molar-refractivity contribution in [2.75, 3.05) is 6.54 Å². The molecule has 18 heavy (non-hydrogen) atoms. The topological polar surface area (TPSA) is 12.0 Å². The minimum Gasteiger partial charge on any atom is -0.310 e.